The average molecular weight is 326 g/mol. The molecule has 2 aromatic rings. The largest absolute Gasteiger partial charge is 0.478 e. The Morgan fingerprint density at radius 1 is 1.24 bits per heavy atom. The minimum absolute atomic E-state index is 0.00671. The number of rotatable bonds is 3. The van der Waals surface area contributed by atoms with Gasteiger partial charge in [-0.1, -0.05) is 35.3 Å². The van der Waals surface area contributed by atoms with Gasteiger partial charge in [0, 0.05) is 0 Å². The Kier molecular flexibility index (Phi) is 4.40. The molecule has 1 amide bonds. The number of hydrogen-bond donors (Lipinski definition) is 2. The third kappa shape index (κ3) is 3.29. The van der Waals surface area contributed by atoms with Crippen LogP contribution in [0.4, 0.5) is 5.69 Å². The number of carbonyl (C=O) groups is 2. The van der Waals surface area contributed by atoms with Crippen LogP contribution in [0.1, 0.15) is 26.3 Å². The van der Waals surface area contributed by atoms with E-state index in [1.54, 1.807) is 19.1 Å². The van der Waals surface area contributed by atoms with Crippen molar-refractivity contribution in [2.45, 2.75) is 6.92 Å². The topological polar surface area (TPSA) is 92.2 Å². The smallest absolute Gasteiger partial charge is 0.338 e. The second-order valence-electron chi connectivity index (χ2n) is 4.13. The van der Waals surface area contributed by atoms with E-state index in [1.165, 1.54) is 12.1 Å². The number of carboxylic acid groups (broad SMARTS) is 1. The molecule has 21 heavy (non-hydrogen) atoms. The number of carbonyl (C=O) groups excluding carboxylic acids is 1. The first-order chi connectivity index (χ1) is 9.90. The van der Waals surface area contributed by atoms with Gasteiger partial charge < -0.3 is 10.4 Å². The number of hydrogen-bond acceptors (Lipinski definition) is 4. The molecular weight excluding hydrogens is 317 g/mol. The van der Waals surface area contributed by atoms with E-state index in [9.17, 15) is 14.7 Å². The van der Waals surface area contributed by atoms with Gasteiger partial charge in [0.25, 0.3) is 5.91 Å². The predicted octanol–water partition coefficient (Wildman–Crippen LogP) is 3.04. The Balaban J connectivity index is 2.39. The summed E-state index contributed by atoms with van der Waals surface area (Å²) < 4.78 is 0. The van der Waals surface area contributed by atoms with Crippen molar-refractivity contribution in [3.8, 4) is 0 Å². The first kappa shape index (κ1) is 15.2. The molecule has 0 unspecified atom stereocenters. The standard InChI is InChI=1S/C13H9Cl2N3O3/c1-6-3-2-4-8(10(6)13(20)21)16-12(19)7-5-9(14)17-18-11(7)15/h2-5H,1H3,(H,16,19)(H,20,21). The maximum Gasteiger partial charge on any atom is 0.338 e. The van der Waals surface area contributed by atoms with Crippen molar-refractivity contribution >= 4 is 40.8 Å². The summed E-state index contributed by atoms with van der Waals surface area (Å²) in [6, 6.07) is 6.01. The first-order valence-electron chi connectivity index (χ1n) is 5.73. The van der Waals surface area contributed by atoms with Crippen molar-refractivity contribution in [2.24, 2.45) is 0 Å². The zero-order chi connectivity index (χ0) is 15.6. The molecule has 8 heteroatoms. The molecule has 0 fully saturated rings. The number of aryl methyl sites for hydroxylation is 1. The van der Waals surface area contributed by atoms with Crippen molar-refractivity contribution in [3.05, 3.63) is 51.3 Å². The molecular formula is C13H9Cl2N3O3. The van der Waals surface area contributed by atoms with Gasteiger partial charge in [0.2, 0.25) is 0 Å². The Labute approximate surface area is 129 Å². The summed E-state index contributed by atoms with van der Waals surface area (Å²) in [7, 11) is 0. The van der Waals surface area contributed by atoms with Crippen LogP contribution in [0.5, 0.6) is 0 Å². The molecule has 1 heterocycles. The van der Waals surface area contributed by atoms with Gasteiger partial charge in [-0.25, -0.2) is 4.79 Å². The number of anilines is 1. The summed E-state index contributed by atoms with van der Waals surface area (Å²) in [6.45, 7) is 1.64. The number of halogens is 2. The third-order valence-electron chi connectivity index (χ3n) is 2.70. The van der Waals surface area contributed by atoms with Crippen LogP contribution in [0.3, 0.4) is 0 Å². The van der Waals surface area contributed by atoms with Crippen LogP contribution in [0.15, 0.2) is 24.3 Å². The van der Waals surface area contributed by atoms with E-state index < -0.39 is 11.9 Å². The Morgan fingerprint density at radius 2 is 1.95 bits per heavy atom. The van der Waals surface area contributed by atoms with Crippen molar-refractivity contribution in [3.63, 3.8) is 0 Å². The molecule has 1 aromatic carbocycles. The van der Waals surface area contributed by atoms with Crippen molar-refractivity contribution < 1.29 is 14.7 Å². The highest BCUT2D eigenvalue weighted by molar-refractivity contribution is 6.34. The molecule has 2 rings (SSSR count). The molecule has 6 nitrogen and oxygen atoms in total. The van der Waals surface area contributed by atoms with Gasteiger partial charge in [-0.3, -0.25) is 4.79 Å². The lowest BCUT2D eigenvalue weighted by Gasteiger charge is -2.11. The monoisotopic (exact) mass is 325 g/mol. The van der Waals surface area contributed by atoms with E-state index >= 15 is 0 Å². The van der Waals surface area contributed by atoms with Crippen LogP contribution in [0, 0.1) is 6.92 Å². The van der Waals surface area contributed by atoms with Gasteiger partial charge in [-0.05, 0) is 24.6 Å². The van der Waals surface area contributed by atoms with Crippen LogP contribution in [0.25, 0.3) is 0 Å². The zero-order valence-corrected chi connectivity index (χ0v) is 12.2. The summed E-state index contributed by atoms with van der Waals surface area (Å²) in [5.74, 6) is -1.76. The highest BCUT2D eigenvalue weighted by Gasteiger charge is 2.18. The normalized spacial score (nSPS) is 10.2. The van der Waals surface area contributed by atoms with E-state index in [0.29, 0.717) is 5.56 Å². The van der Waals surface area contributed by atoms with Crippen LogP contribution in [0.2, 0.25) is 10.3 Å². The lowest BCUT2D eigenvalue weighted by molar-refractivity contribution is 0.0697. The maximum absolute atomic E-state index is 12.2. The van der Waals surface area contributed by atoms with Crippen molar-refractivity contribution in [2.75, 3.05) is 5.32 Å². The molecule has 0 saturated heterocycles. The Hall–Kier alpha value is -2.18. The first-order valence-corrected chi connectivity index (χ1v) is 6.48. The minimum atomic E-state index is -1.14. The van der Waals surface area contributed by atoms with E-state index in [2.05, 4.69) is 15.5 Å². The zero-order valence-electron chi connectivity index (χ0n) is 10.7. The van der Waals surface area contributed by atoms with Crippen LogP contribution in [-0.4, -0.2) is 27.2 Å². The lowest BCUT2D eigenvalue weighted by atomic mass is 10.1. The summed E-state index contributed by atoms with van der Waals surface area (Å²) >= 11 is 11.4. The number of benzene rings is 1. The molecule has 0 aliphatic heterocycles. The van der Waals surface area contributed by atoms with Gasteiger partial charge >= 0.3 is 5.97 Å². The summed E-state index contributed by atoms with van der Waals surface area (Å²) in [6.07, 6.45) is 0. The lowest BCUT2D eigenvalue weighted by Crippen LogP contribution is -2.16. The highest BCUT2D eigenvalue weighted by atomic mass is 35.5. The molecule has 0 spiro atoms. The molecule has 0 aliphatic carbocycles. The van der Waals surface area contributed by atoms with Gasteiger partial charge in [-0.15, -0.1) is 10.2 Å². The van der Waals surface area contributed by atoms with Crippen LogP contribution < -0.4 is 5.32 Å². The summed E-state index contributed by atoms with van der Waals surface area (Å²) in [5, 5.41) is 18.6. The van der Waals surface area contributed by atoms with E-state index in [0.717, 1.165) is 0 Å². The fourth-order valence-corrected chi connectivity index (χ4v) is 2.08. The van der Waals surface area contributed by atoms with Crippen molar-refractivity contribution in [1.29, 1.82) is 0 Å². The second kappa shape index (κ2) is 6.07. The number of nitrogens with zero attached hydrogens (tertiary/aromatic N) is 2. The SMILES string of the molecule is Cc1cccc(NC(=O)c2cc(Cl)nnc2Cl)c1C(=O)O. The van der Waals surface area contributed by atoms with Gasteiger partial charge in [0.05, 0.1) is 16.8 Å². The molecule has 108 valence electrons. The number of aromatic nitrogens is 2. The van der Waals surface area contributed by atoms with Gasteiger partial charge in [0.1, 0.15) is 0 Å². The summed E-state index contributed by atoms with van der Waals surface area (Å²) in [5.41, 5.74) is 0.707. The number of carboxylic acids is 1. The second-order valence-corrected chi connectivity index (χ2v) is 4.87. The van der Waals surface area contributed by atoms with E-state index in [1.807, 2.05) is 0 Å². The molecule has 0 radical (unpaired) electrons. The Bertz CT molecular complexity index is 735. The molecule has 2 N–H and O–H groups in total. The fraction of sp³-hybridized carbons (Fsp3) is 0.0769. The average Bonchev–Trinajstić information content (AvgIpc) is 2.41. The van der Waals surface area contributed by atoms with Crippen LogP contribution >= 0.6 is 23.2 Å². The highest BCUT2D eigenvalue weighted by Crippen LogP contribution is 2.22. The van der Waals surface area contributed by atoms with Crippen molar-refractivity contribution in [1.82, 2.24) is 10.2 Å². The molecule has 0 bridgehead atoms. The third-order valence-corrected chi connectivity index (χ3v) is 3.16. The number of aromatic carboxylic acids is 1. The minimum Gasteiger partial charge on any atom is -0.478 e. The fourth-order valence-electron chi connectivity index (χ4n) is 1.76. The van der Waals surface area contributed by atoms with Gasteiger partial charge in [-0.2, -0.15) is 0 Å². The molecule has 0 atom stereocenters. The molecule has 1 aromatic heterocycles. The molecule has 0 aliphatic rings. The quantitative estimate of drug-likeness (QED) is 0.904. The van der Waals surface area contributed by atoms with E-state index in [4.69, 9.17) is 23.2 Å². The Morgan fingerprint density at radius 3 is 2.62 bits per heavy atom. The van der Waals surface area contributed by atoms with Crippen LogP contribution in [-0.2, 0) is 0 Å². The predicted molar refractivity (Wildman–Crippen MR) is 78.1 cm³/mol. The number of nitrogens with one attached hydrogen (secondary N) is 1. The number of amides is 1. The van der Waals surface area contributed by atoms with Gasteiger partial charge in [0.15, 0.2) is 10.3 Å². The van der Waals surface area contributed by atoms with E-state index in [-0.39, 0.29) is 27.1 Å². The maximum atomic E-state index is 12.2. The summed E-state index contributed by atoms with van der Waals surface area (Å²) in [4.78, 5) is 23.4. The molecule has 0 saturated carbocycles.